The van der Waals surface area contributed by atoms with Crippen molar-refractivity contribution in [3.63, 3.8) is 0 Å². The molecule has 0 unspecified atom stereocenters. The van der Waals surface area contributed by atoms with E-state index in [1.54, 1.807) is 30.3 Å². The fraction of sp³-hybridized carbons (Fsp3) is 0.200. The molecule has 1 aromatic heterocycles. The molecule has 2 N–H and O–H groups in total. The summed E-state index contributed by atoms with van der Waals surface area (Å²) in [5.74, 6) is 0.292. The molecule has 0 radical (unpaired) electrons. The maximum absolute atomic E-state index is 12.7. The number of sulfonamides is 1. The highest BCUT2D eigenvalue weighted by atomic mass is 32.2. The Kier molecular flexibility index (Phi) is 6.50. The van der Waals surface area contributed by atoms with Gasteiger partial charge in [-0.2, -0.15) is 0 Å². The summed E-state index contributed by atoms with van der Waals surface area (Å²) in [6.07, 6.45) is 0. The van der Waals surface area contributed by atoms with E-state index < -0.39 is 10.0 Å². The Hall–Kier alpha value is -2.91. The van der Waals surface area contributed by atoms with Crippen LogP contribution in [0.2, 0.25) is 0 Å². The van der Waals surface area contributed by atoms with E-state index in [0.29, 0.717) is 24.6 Å². The molecule has 1 amide bonds. The minimum atomic E-state index is -3.84. The first-order valence-corrected chi connectivity index (χ1v) is 11.3. The van der Waals surface area contributed by atoms with Crippen LogP contribution in [-0.4, -0.2) is 25.9 Å². The molecule has 152 valence electrons. The van der Waals surface area contributed by atoms with Gasteiger partial charge in [0.25, 0.3) is 15.9 Å². The first-order valence-electron chi connectivity index (χ1n) is 8.92. The Morgan fingerprint density at radius 2 is 1.93 bits per heavy atom. The van der Waals surface area contributed by atoms with Crippen LogP contribution >= 0.6 is 11.3 Å². The normalized spacial score (nSPS) is 11.1. The van der Waals surface area contributed by atoms with Crippen molar-refractivity contribution in [3.05, 3.63) is 70.2 Å². The fourth-order valence-electron chi connectivity index (χ4n) is 2.55. The number of aryl methyl sites for hydroxylation is 1. The molecule has 3 rings (SSSR count). The van der Waals surface area contributed by atoms with Crippen molar-refractivity contribution in [1.82, 2.24) is 10.3 Å². The van der Waals surface area contributed by atoms with Crippen molar-refractivity contribution in [2.75, 3.05) is 11.3 Å². The number of rotatable bonds is 8. The summed E-state index contributed by atoms with van der Waals surface area (Å²) in [7, 11) is -3.84. The van der Waals surface area contributed by atoms with Gasteiger partial charge in [0.15, 0.2) is 0 Å². The van der Waals surface area contributed by atoms with Crippen LogP contribution in [0.1, 0.15) is 28.0 Å². The summed E-state index contributed by atoms with van der Waals surface area (Å²) >= 11 is 1.46. The molecule has 0 aliphatic carbocycles. The third-order valence-corrected chi connectivity index (χ3v) is 6.24. The van der Waals surface area contributed by atoms with Crippen LogP contribution in [-0.2, 0) is 16.6 Å². The van der Waals surface area contributed by atoms with Gasteiger partial charge in [-0.1, -0.05) is 6.07 Å². The molecule has 0 aliphatic rings. The third kappa shape index (κ3) is 5.55. The maximum Gasteiger partial charge on any atom is 0.261 e. The van der Waals surface area contributed by atoms with E-state index in [2.05, 4.69) is 15.0 Å². The molecule has 3 aromatic rings. The Morgan fingerprint density at radius 1 is 1.17 bits per heavy atom. The second kappa shape index (κ2) is 9.06. The Bertz CT molecular complexity index is 1090. The predicted molar refractivity (Wildman–Crippen MR) is 113 cm³/mol. The molecule has 0 aliphatic heterocycles. The van der Waals surface area contributed by atoms with Gasteiger partial charge in [0.1, 0.15) is 10.8 Å². The van der Waals surface area contributed by atoms with Crippen molar-refractivity contribution in [2.24, 2.45) is 0 Å². The number of benzene rings is 2. The molecular weight excluding hydrogens is 410 g/mol. The highest BCUT2D eigenvalue weighted by molar-refractivity contribution is 7.92. The molecule has 0 saturated carbocycles. The minimum Gasteiger partial charge on any atom is -0.494 e. The van der Waals surface area contributed by atoms with Crippen LogP contribution in [0.25, 0.3) is 0 Å². The molecule has 29 heavy (non-hydrogen) atoms. The molecule has 0 saturated heterocycles. The van der Waals surface area contributed by atoms with Crippen LogP contribution in [0.5, 0.6) is 5.75 Å². The van der Waals surface area contributed by atoms with Crippen molar-refractivity contribution >= 4 is 33.0 Å². The average molecular weight is 432 g/mol. The molecule has 1 heterocycles. The first kappa shape index (κ1) is 20.8. The van der Waals surface area contributed by atoms with E-state index in [0.717, 1.165) is 10.7 Å². The summed E-state index contributed by atoms with van der Waals surface area (Å²) in [5.41, 5.74) is 1.56. The summed E-state index contributed by atoms with van der Waals surface area (Å²) in [4.78, 5) is 16.7. The van der Waals surface area contributed by atoms with Gasteiger partial charge in [-0.05, 0) is 56.3 Å². The number of ether oxygens (including phenoxy) is 1. The van der Waals surface area contributed by atoms with Crippen molar-refractivity contribution < 1.29 is 17.9 Å². The summed E-state index contributed by atoms with van der Waals surface area (Å²) in [6.45, 7) is 4.58. The van der Waals surface area contributed by atoms with E-state index in [-0.39, 0.29) is 16.4 Å². The first-order chi connectivity index (χ1) is 13.9. The molecule has 2 aromatic carbocycles. The smallest absolute Gasteiger partial charge is 0.261 e. The highest BCUT2D eigenvalue weighted by Crippen LogP contribution is 2.20. The van der Waals surface area contributed by atoms with Gasteiger partial charge in [0, 0.05) is 22.3 Å². The predicted octanol–water partition coefficient (Wildman–Crippen LogP) is 3.58. The lowest BCUT2D eigenvalue weighted by Gasteiger charge is -2.10. The van der Waals surface area contributed by atoms with E-state index in [1.807, 2.05) is 19.2 Å². The summed E-state index contributed by atoms with van der Waals surface area (Å²) in [5, 5.41) is 5.45. The Balaban J connectivity index is 1.70. The van der Waals surface area contributed by atoms with Gasteiger partial charge in [-0.3, -0.25) is 9.52 Å². The van der Waals surface area contributed by atoms with Crippen LogP contribution in [0.3, 0.4) is 0 Å². The number of anilines is 1. The summed E-state index contributed by atoms with van der Waals surface area (Å²) in [6, 6.07) is 12.5. The van der Waals surface area contributed by atoms with Crippen molar-refractivity contribution in [1.29, 1.82) is 0 Å². The lowest BCUT2D eigenvalue weighted by molar-refractivity contribution is 0.0950. The second-order valence-corrected chi connectivity index (χ2v) is 8.78. The van der Waals surface area contributed by atoms with E-state index in [9.17, 15) is 13.2 Å². The minimum absolute atomic E-state index is 0.00382. The Morgan fingerprint density at radius 3 is 2.59 bits per heavy atom. The number of carbonyl (C=O) groups is 1. The zero-order valence-electron chi connectivity index (χ0n) is 16.0. The van der Waals surface area contributed by atoms with Gasteiger partial charge in [-0.15, -0.1) is 11.3 Å². The number of thiazole rings is 1. The van der Waals surface area contributed by atoms with Crippen LogP contribution in [0.4, 0.5) is 5.69 Å². The van der Waals surface area contributed by atoms with E-state index in [1.165, 1.54) is 29.5 Å². The standard InChI is InChI=1S/C20H21N3O4S2/c1-3-27-17-9-7-16(8-10-17)23-29(25,26)18-6-4-5-15(11-18)20(24)21-12-19-22-14(2)13-28-19/h4-11,13,23H,3,12H2,1-2H3,(H,21,24). The van der Waals surface area contributed by atoms with Gasteiger partial charge >= 0.3 is 0 Å². The number of nitrogens with zero attached hydrogens (tertiary/aromatic N) is 1. The lowest BCUT2D eigenvalue weighted by Crippen LogP contribution is -2.23. The largest absolute Gasteiger partial charge is 0.494 e. The number of carbonyl (C=O) groups excluding carboxylic acids is 1. The number of hydrogen-bond acceptors (Lipinski definition) is 6. The monoisotopic (exact) mass is 431 g/mol. The SMILES string of the molecule is CCOc1ccc(NS(=O)(=O)c2cccc(C(=O)NCc3nc(C)cs3)c2)cc1. The quantitative estimate of drug-likeness (QED) is 0.568. The van der Waals surface area contributed by atoms with E-state index >= 15 is 0 Å². The molecule has 7 nitrogen and oxygen atoms in total. The molecule has 9 heteroatoms. The maximum atomic E-state index is 12.7. The topological polar surface area (TPSA) is 97.4 Å². The number of aromatic nitrogens is 1. The fourth-order valence-corrected chi connectivity index (χ4v) is 4.36. The third-order valence-electron chi connectivity index (χ3n) is 3.89. The molecule has 0 bridgehead atoms. The van der Waals surface area contributed by atoms with Gasteiger partial charge < -0.3 is 10.1 Å². The van der Waals surface area contributed by atoms with Crippen LogP contribution in [0.15, 0.2) is 58.8 Å². The highest BCUT2D eigenvalue weighted by Gasteiger charge is 2.17. The van der Waals surface area contributed by atoms with Crippen molar-refractivity contribution in [3.8, 4) is 5.75 Å². The van der Waals surface area contributed by atoms with Gasteiger partial charge in [0.05, 0.1) is 18.0 Å². The lowest BCUT2D eigenvalue weighted by atomic mass is 10.2. The van der Waals surface area contributed by atoms with Gasteiger partial charge in [0.2, 0.25) is 0 Å². The Labute approximate surface area is 173 Å². The molecule has 0 atom stereocenters. The zero-order chi connectivity index (χ0) is 20.9. The van der Waals surface area contributed by atoms with Crippen LogP contribution in [0, 0.1) is 6.92 Å². The molecule has 0 spiro atoms. The average Bonchev–Trinajstić information content (AvgIpc) is 3.13. The number of amides is 1. The number of nitrogens with one attached hydrogen (secondary N) is 2. The number of hydrogen-bond donors (Lipinski definition) is 2. The van der Waals surface area contributed by atoms with Crippen LogP contribution < -0.4 is 14.8 Å². The second-order valence-electron chi connectivity index (χ2n) is 6.16. The van der Waals surface area contributed by atoms with Crippen molar-refractivity contribution in [2.45, 2.75) is 25.3 Å². The molecule has 0 fully saturated rings. The van der Waals surface area contributed by atoms with Gasteiger partial charge in [-0.25, -0.2) is 13.4 Å². The zero-order valence-corrected chi connectivity index (χ0v) is 17.6. The van der Waals surface area contributed by atoms with E-state index in [4.69, 9.17) is 4.74 Å². The summed E-state index contributed by atoms with van der Waals surface area (Å²) < 4.78 is 33.2. The molecular formula is C20H21N3O4S2.